The van der Waals surface area contributed by atoms with E-state index in [9.17, 15) is 4.79 Å². The molecule has 4 N–H and O–H groups in total. The van der Waals surface area contributed by atoms with E-state index in [0.717, 1.165) is 38.5 Å². The Morgan fingerprint density at radius 3 is 2.50 bits per heavy atom. The Morgan fingerprint density at radius 1 is 1.14 bits per heavy atom. The van der Waals surface area contributed by atoms with Crippen LogP contribution in [0.3, 0.4) is 0 Å². The van der Waals surface area contributed by atoms with Crippen molar-refractivity contribution in [2.24, 2.45) is 11.5 Å². The van der Waals surface area contributed by atoms with Crippen LogP contribution in [-0.2, 0) is 16.0 Å². The van der Waals surface area contributed by atoms with Crippen molar-refractivity contribution in [1.82, 2.24) is 0 Å². The zero-order chi connectivity index (χ0) is 16.2. The van der Waals surface area contributed by atoms with Gasteiger partial charge in [0, 0.05) is 0 Å². The molecule has 1 aromatic rings. The van der Waals surface area contributed by atoms with Crippen LogP contribution < -0.4 is 11.5 Å². The van der Waals surface area contributed by atoms with E-state index in [4.69, 9.17) is 16.2 Å². The van der Waals surface area contributed by atoms with Gasteiger partial charge in [-0.2, -0.15) is 0 Å². The molecule has 0 fully saturated rings. The van der Waals surface area contributed by atoms with Crippen LogP contribution in [0.1, 0.15) is 51.0 Å². The first-order valence-electron chi connectivity index (χ1n) is 8.37. The summed E-state index contributed by atoms with van der Waals surface area (Å²) in [6.07, 6.45) is 6.01. The summed E-state index contributed by atoms with van der Waals surface area (Å²) in [7, 11) is 0. The lowest BCUT2D eigenvalue weighted by molar-refractivity contribution is -0.151. The van der Waals surface area contributed by atoms with Crippen LogP contribution in [0.25, 0.3) is 0 Å². The molecule has 1 rings (SSSR count). The molecule has 0 amide bonds. The van der Waals surface area contributed by atoms with E-state index in [0.29, 0.717) is 13.0 Å². The molecule has 124 valence electrons. The van der Waals surface area contributed by atoms with E-state index in [1.54, 1.807) is 0 Å². The molecule has 0 spiro atoms. The summed E-state index contributed by atoms with van der Waals surface area (Å²) >= 11 is 0. The highest BCUT2D eigenvalue weighted by atomic mass is 16.5. The van der Waals surface area contributed by atoms with Crippen LogP contribution >= 0.6 is 0 Å². The molecule has 0 aliphatic rings. The molecular formula is C18H30N2O2. The van der Waals surface area contributed by atoms with E-state index < -0.39 is 6.04 Å². The van der Waals surface area contributed by atoms with Crippen molar-refractivity contribution in [3.8, 4) is 0 Å². The molecule has 2 atom stereocenters. The molecule has 1 aromatic carbocycles. The van der Waals surface area contributed by atoms with E-state index >= 15 is 0 Å². The van der Waals surface area contributed by atoms with Gasteiger partial charge in [-0.3, -0.25) is 4.79 Å². The maximum absolute atomic E-state index is 12.1. The lowest BCUT2D eigenvalue weighted by atomic mass is 10.0. The Bertz CT molecular complexity index is 409. The van der Waals surface area contributed by atoms with Gasteiger partial charge in [-0.15, -0.1) is 0 Å². The molecule has 0 radical (unpaired) electrons. The molecule has 0 bridgehead atoms. The number of unbranched alkanes of at least 4 members (excludes halogenated alkanes) is 1. The molecule has 1 unspecified atom stereocenters. The van der Waals surface area contributed by atoms with Gasteiger partial charge in [-0.05, 0) is 44.2 Å². The van der Waals surface area contributed by atoms with Crippen molar-refractivity contribution in [3.63, 3.8) is 0 Å². The maximum Gasteiger partial charge on any atom is 0.323 e. The third-order valence-electron chi connectivity index (χ3n) is 3.76. The van der Waals surface area contributed by atoms with Crippen LogP contribution in [-0.4, -0.2) is 24.7 Å². The molecule has 0 aliphatic carbocycles. The number of rotatable bonds is 11. The number of esters is 1. The second-order valence-corrected chi connectivity index (χ2v) is 5.76. The number of carbonyl (C=O) groups excluding carboxylic acids is 1. The van der Waals surface area contributed by atoms with Gasteiger partial charge in [0.25, 0.3) is 0 Å². The van der Waals surface area contributed by atoms with Crippen LogP contribution in [0.15, 0.2) is 30.3 Å². The summed E-state index contributed by atoms with van der Waals surface area (Å²) in [5.74, 6) is -0.275. The number of nitrogens with two attached hydrogens (primary N) is 2. The molecule has 4 nitrogen and oxygen atoms in total. The predicted octanol–water partition coefficient (Wildman–Crippen LogP) is 2.79. The maximum atomic E-state index is 12.1. The normalized spacial score (nSPS) is 13.6. The highest BCUT2D eigenvalue weighted by Crippen LogP contribution is 2.13. The van der Waals surface area contributed by atoms with Gasteiger partial charge in [0.15, 0.2) is 0 Å². The molecule has 0 heterocycles. The summed E-state index contributed by atoms with van der Waals surface area (Å²) in [5.41, 5.74) is 12.6. The topological polar surface area (TPSA) is 78.3 Å². The van der Waals surface area contributed by atoms with Crippen molar-refractivity contribution >= 4 is 5.97 Å². The molecule has 22 heavy (non-hydrogen) atoms. The summed E-state index contributed by atoms with van der Waals surface area (Å²) in [6.45, 7) is 2.74. The Labute approximate surface area is 134 Å². The third kappa shape index (κ3) is 7.57. The van der Waals surface area contributed by atoms with E-state index in [-0.39, 0.29) is 12.1 Å². The monoisotopic (exact) mass is 306 g/mol. The molecule has 0 aliphatic heterocycles. The Balaban J connectivity index is 2.40. The molecule has 0 saturated heterocycles. The number of ether oxygens (including phenoxy) is 1. The fourth-order valence-corrected chi connectivity index (χ4v) is 2.43. The minimum atomic E-state index is -0.525. The van der Waals surface area contributed by atoms with Gasteiger partial charge >= 0.3 is 5.97 Å². The zero-order valence-corrected chi connectivity index (χ0v) is 13.7. The van der Waals surface area contributed by atoms with Crippen LogP contribution in [0.5, 0.6) is 0 Å². The van der Waals surface area contributed by atoms with Gasteiger partial charge in [0.1, 0.15) is 12.1 Å². The third-order valence-corrected chi connectivity index (χ3v) is 3.76. The number of aryl methyl sites for hydroxylation is 1. The number of benzene rings is 1. The Kier molecular flexibility index (Phi) is 9.51. The highest BCUT2D eigenvalue weighted by Gasteiger charge is 2.19. The van der Waals surface area contributed by atoms with Crippen LogP contribution in [0.2, 0.25) is 0 Å². The van der Waals surface area contributed by atoms with Crippen LogP contribution in [0, 0.1) is 0 Å². The van der Waals surface area contributed by atoms with Crippen molar-refractivity contribution in [3.05, 3.63) is 35.9 Å². The molecule has 0 saturated carbocycles. The van der Waals surface area contributed by atoms with Crippen molar-refractivity contribution < 1.29 is 9.53 Å². The average molecular weight is 306 g/mol. The van der Waals surface area contributed by atoms with Crippen LogP contribution in [0.4, 0.5) is 0 Å². The first kappa shape index (κ1) is 18.7. The number of carbonyl (C=O) groups is 1. The van der Waals surface area contributed by atoms with E-state index in [1.807, 2.05) is 18.2 Å². The van der Waals surface area contributed by atoms with Gasteiger partial charge in [-0.25, -0.2) is 0 Å². The van der Waals surface area contributed by atoms with Gasteiger partial charge in [-0.1, -0.05) is 50.1 Å². The Hall–Kier alpha value is -1.39. The molecule has 0 aromatic heterocycles. The minimum absolute atomic E-state index is 0.0433. The highest BCUT2D eigenvalue weighted by molar-refractivity contribution is 5.75. The fourth-order valence-electron chi connectivity index (χ4n) is 2.43. The van der Waals surface area contributed by atoms with Crippen molar-refractivity contribution in [2.45, 2.75) is 64.0 Å². The van der Waals surface area contributed by atoms with E-state index in [1.165, 1.54) is 5.56 Å². The standard InChI is InChI=1S/C18H30N2O2/c1-2-8-16(13-12-15-9-4-3-5-10-15)22-18(21)17(20)11-6-7-14-19/h3-5,9-10,16-17H,2,6-8,11-14,19-20H2,1H3/t16-,17?/m1/s1. The first-order chi connectivity index (χ1) is 10.7. The first-order valence-corrected chi connectivity index (χ1v) is 8.37. The number of hydrogen-bond donors (Lipinski definition) is 2. The van der Waals surface area contributed by atoms with Crippen molar-refractivity contribution in [1.29, 1.82) is 0 Å². The van der Waals surface area contributed by atoms with Gasteiger partial charge < -0.3 is 16.2 Å². The van der Waals surface area contributed by atoms with E-state index in [2.05, 4.69) is 19.1 Å². The quantitative estimate of drug-likeness (QED) is 0.487. The SMILES string of the molecule is CCC[C@H](CCc1ccccc1)OC(=O)C(N)CCCCN. The second kappa shape index (κ2) is 11.2. The minimum Gasteiger partial charge on any atom is -0.461 e. The lowest BCUT2D eigenvalue weighted by Crippen LogP contribution is -2.35. The predicted molar refractivity (Wildman–Crippen MR) is 90.4 cm³/mol. The summed E-state index contributed by atoms with van der Waals surface area (Å²) in [4.78, 5) is 12.1. The second-order valence-electron chi connectivity index (χ2n) is 5.76. The zero-order valence-electron chi connectivity index (χ0n) is 13.7. The lowest BCUT2D eigenvalue weighted by Gasteiger charge is -2.20. The number of hydrogen-bond acceptors (Lipinski definition) is 4. The summed E-state index contributed by atoms with van der Waals surface area (Å²) < 4.78 is 5.61. The molecule has 4 heteroatoms. The largest absolute Gasteiger partial charge is 0.461 e. The Morgan fingerprint density at radius 2 is 1.86 bits per heavy atom. The molecular weight excluding hydrogens is 276 g/mol. The summed E-state index contributed by atoms with van der Waals surface area (Å²) in [6, 6.07) is 9.75. The van der Waals surface area contributed by atoms with Gasteiger partial charge in [0.2, 0.25) is 0 Å². The smallest absolute Gasteiger partial charge is 0.323 e. The average Bonchev–Trinajstić information content (AvgIpc) is 2.54. The fraction of sp³-hybridized carbons (Fsp3) is 0.611. The van der Waals surface area contributed by atoms with Crippen molar-refractivity contribution in [2.75, 3.05) is 6.54 Å². The van der Waals surface area contributed by atoms with Gasteiger partial charge in [0.05, 0.1) is 0 Å². The summed E-state index contributed by atoms with van der Waals surface area (Å²) in [5, 5.41) is 0.